The Hall–Kier alpha value is -2.99. The zero-order valence-corrected chi connectivity index (χ0v) is 14.5. The maximum Gasteiger partial charge on any atom is 0.138 e. The minimum absolute atomic E-state index is 0.591. The van der Waals surface area contributed by atoms with Crippen LogP contribution < -0.4 is 0 Å². The molecule has 2 heterocycles. The number of para-hydroxylation sites is 2. The highest BCUT2D eigenvalue weighted by atomic mass is 35.5. The smallest absolute Gasteiger partial charge is 0.138 e. The van der Waals surface area contributed by atoms with E-state index in [9.17, 15) is 0 Å². The van der Waals surface area contributed by atoms with Crippen LogP contribution in [0.1, 0.15) is 11.4 Å². The van der Waals surface area contributed by atoms with Gasteiger partial charge in [-0.3, -0.25) is 0 Å². The lowest BCUT2D eigenvalue weighted by atomic mass is 10.2. The third kappa shape index (κ3) is 2.81. The van der Waals surface area contributed by atoms with Crippen LogP contribution in [0.25, 0.3) is 22.8 Å². The van der Waals surface area contributed by atoms with Gasteiger partial charge in [0.15, 0.2) is 0 Å². The van der Waals surface area contributed by atoms with Gasteiger partial charge in [-0.05, 0) is 38.1 Å². The largest absolute Gasteiger partial charge is 0.153 e. The second-order valence-corrected chi connectivity index (χ2v) is 6.04. The van der Waals surface area contributed by atoms with Gasteiger partial charge < -0.3 is 0 Å². The van der Waals surface area contributed by atoms with Crippen molar-refractivity contribution in [2.24, 2.45) is 0 Å². The molecule has 124 valence electrons. The van der Waals surface area contributed by atoms with Crippen LogP contribution in [0.2, 0.25) is 5.02 Å². The lowest BCUT2D eigenvalue weighted by molar-refractivity contribution is 0.740. The molecule has 0 fully saturated rings. The number of rotatable bonds is 3. The molecule has 0 radical (unpaired) electrons. The lowest BCUT2D eigenvalue weighted by Crippen LogP contribution is -2.00. The van der Waals surface area contributed by atoms with Crippen LogP contribution in [0, 0.1) is 13.8 Å². The Labute approximate surface area is 149 Å². The van der Waals surface area contributed by atoms with E-state index >= 15 is 0 Å². The lowest BCUT2D eigenvalue weighted by Gasteiger charge is -2.00. The molecule has 0 spiro atoms. The first-order valence-electron chi connectivity index (χ1n) is 7.82. The molecule has 0 bridgehead atoms. The molecule has 4 aromatic rings. The molecule has 0 saturated heterocycles. The zero-order valence-electron chi connectivity index (χ0n) is 13.8. The van der Waals surface area contributed by atoms with Gasteiger partial charge in [0.2, 0.25) is 0 Å². The minimum Gasteiger partial charge on any atom is -0.153 e. The Bertz CT molecular complexity index is 1030. The molecular formula is C18H15ClN6. The first kappa shape index (κ1) is 15.5. The standard InChI is InChI=1S/C18H15ClN6/c1-12-17(22-24(20-12)14-8-4-3-5-9-14)18-13(2)21-25(23-18)16-11-7-6-10-15(16)19/h3-11H,1-2H3. The van der Waals surface area contributed by atoms with E-state index in [0.29, 0.717) is 16.4 Å². The molecule has 0 unspecified atom stereocenters. The number of aromatic nitrogens is 6. The monoisotopic (exact) mass is 350 g/mol. The first-order chi connectivity index (χ1) is 12.1. The van der Waals surface area contributed by atoms with E-state index in [2.05, 4.69) is 20.4 Å². The Morgan fingerprint density at radius 2 is 1.24 bits per heavy atom. The molecule has 0 aliphatic carbocycles. The molecule has 7 heteroatoms. The average molecular weight is 351 g/mol. The van der Waals surface area contributed by atoms with E-state index in [4.69, 9.17) is 11.6 Å². The van der Waals surface area contributed by atoms with Crippen LogP contribution in [-0.2, 0) is 0 Å². The second kappa shape index (κ2) is 6.14. The van der Waals surface area contributed by atoms with Crippen molar-refractivity contribution in [2.45, 2.75) is 13.8 Å². The molecular weight excluding hydrogens is 336 g/mol. The highest BCUT2D eigenvalue weighted by Gasteiger charge is 2.18. The highest BCUT2D eigenvalue weighted by molar-refractivity contribution is 6.32. The van der Waals surface area contributed by atoms with Gasteiger partial charge in [0.1, 0.15) is 17.1 Å². The van der Waals surface area contributed by atoms with Crippen molar-refractivity contribution in [1.82, 2.24) is 30.0 Å². The molecule has 0 N–H and O–H groups in total. The summed E-state index contributed by atoms with van der Waals surface area (Å²) in [6.45, 7) is 3.81. The normalized spacial score (nSPS) is 11.0. The number of halogens is 1. The van der Waals surface area contributed by atoms with Gasteiger partial charge in [-0.25, -0.2) is 0 Å². The Kier molecular flexibility index (Phi) is 3.82. The van der Waals surface area contributed by atoms with E-state index in [-0.39, 0.29) is 0 Å². The summed E-state index contributed by atoms with van der Waals surface area (Å²) < 4.78 is 0. The first-order valence-corrected chi connectivity index (χ1v) is 8.20. The number of aryl methyl sites for hydroxylation is 2. The summed E-state index contributed by atoms with van der Waals surface area (Å²) in [6, 6.07) is 17.2. The van der Waals surface area contributed by atoms with Gasteiger partial charge in [-0.1, -0.05) is 41.9 Å². The molecule has 4 rings (SSSR count). The van der Waals surface area contributed by atoms with Gasteiger partial charge in [0.25, 0.3) is 0 Å². The SMILES string of the molecule is Cc1nn(-c2ccccc2)nc1-c1nn(-c2ccccc2Cl)nc1C. The molecule has 0 aliphatic rings. The number of nitrogens with zero attached hydrogens (tertiary/aromatic N) is 6. The minimum atomic E-state index is 0.591. The highest BCUT2D eigenvalue weighted by Crippen LogP contribution is 2.24. The van der Waals surface area contributed by atoms with E-state index < -0.39 is 0 Å². The Balaban J connectivity index is 1.79. The predicted molar refractivity (Wildman–Crippen MR) is 96.2 cm³/mol. The molecule has 0 amide bonds. The second-order valence-electron chi connectivity index (χ2n) is 5.63. The van der Waals surface area contributed by atoms with Crippen LogP contribution in [-0.4, -0.2) is 30.0 Å². The third-order valence-corrected chi connectivity index (χ3v) is 4.16. The van der Waals surface area contributed by atoms with E-state index in [1.165, 1.54) is 4.80 Å². The van der Waals surface area contributed by atoms with Crippen LogP contribution >= 0.6 is 11.6 Å². The summed E-state index contributed by atoms with van der Waals surface area (Å²) in [4.78, 5) is 3.15. The molecule has 0 aliphatic heterocycles. The Morgan fingerprint density at radius 1 is 0.680 bits per heavy atom. The average Bonchev–Trinajstić information content (AvgIpc) is 3.19. The van der Waals surface area contributed by atoms with Gasteiger partial charge in [0.05, 0.1) is 22.1 Å². The number of hydrogen-bond donors (Lipinski definition) is 0. The van der Waals surface area contributed by atoms with Crippen LogP contribution in [0.4, 0.5) is 0 Å². The van der Waals surface area contributed by atoms with E-state index in [1.54, 1.807) is 4.80 Å². The molecule has 25 heavy (non-hydrogen) atoms. The summed E-state index contributed by atoms with van der Waals surface area (Å²) in [5.41, 5.74) is 4.58. The van der Waals surface area contributed by atoms with Crippen LogP contribution in [0.15, 0.2) is 54.6 Å². The Morgan fingerprint density at radius 3 is 1.92 bits per heavy atom. The van der Waals surface area contributed by atoms with Crippen LogP contribution in [0.3, 0.4) is 0 Å². The van der Waals surface area contributed by atoms with E-state index in [1.807, 2.05) is 68.4 Å². The number of benzene rings is 2. The summed E-state index contributed by atoms with van der Waals surface area (Å²) in [7, 11) is 0. The molecule has 0 atom stereocenters. The summed E-state index contributed by atoms with van der Waals surface area (Å²) in [5.74, 6) is 0. The van der Waals surface area contributed by atoms with Crippen LogP contribution in [0.5, 0.6) is 0 Å². The molecule has 2 aromatic carbocycles. The van der Waals surface area contributed by atoms with Crippen molar-refractivity contribution in [1.29, 1.82) is 0 Å². The summed E-state index contributed by atoms with van der Waals surface area (Å²) >= 11 is 6.25. The molecule has 0 saturated carbocycles. The fourth-order valence-electron chi connectivity index (χ4n) is 2.59. The van der Waals surface area contributed by atoms with Crippen molar-refractivity contribution < 1.29 is 0 Å². The van der Waals surface area contributed by atoms with Gasteiger partial charge in [0, 0.05) is 0 Å². The number of hydrogen-bond acceptors (Lipinski definition) is 4. The van der Waals surface area contributed by atoms with Crippen molar-refractivity contribution >= 4 is 11.6 Å². The van der Waals surface area contributed by atoms with E-state index in [0.717, 1.165) is 22.8 Å². The van der Waals surface area contributed by atoms with Crippen molar-refractivity contribution in [2.75, 3.05) is 0 Å². The van der Waals surface area contributed by atoms with Crippen molar-refractivity contribution in [3.63, 3.8) is 0 Å². The zero-order chi connectivity index (χ0) is 17.4. The third-order valence-electron chi connectivity index (χ3n) is 3.84. The maximum atomic E-state index is 6.25. The molecule has 2 aromatic heterocycles. The summed E-state index contributed by atoms with van der Waals surface area (Å²) in [6.07, 6.45) is 0. The van der Waals surface area contributed by atoms with Crippen molar-refractivity contribution in [3.8, 4) is 22.8 Å². The fraction of sp³-hybridized carbons (Fsp3) is 0.111. The fourth-order valence-corrected chi connectivity index (χ4v) is 2.80. The van der Waals surface area contributed by atoms with Gasteiger partial charge in [-0.2, -0.15) is 15.0 Å². The van der Waals surface area contributed by atoms with Gasteiger partial charge in [-0.15, -0.1) is 15.0 Å². The maximum absolute atomic E-state index is 6.25. The van der Waals surface area contributed by atoms with Gasteiger partial charge >= 0.3 is 0 Å². The predicted octanol–water partition coefficient (Wildman–Crippen LogP) is 3.79. The molecule has 6 nitrogen and oxygen atoms in total. The van der Waals surface area contributed by atoms with Crippen molar-refractivity contribution in [3.05, 3.63) is 71.0 Å². The summed E-state index contributed by atoms with van der Waals surface area (Å²) in [5, 5.41) is 18.8. The topological polar surface area (TPSA) is 61.4 Å². The quantitative estimate of drug-likeness (QED) is 0.564.